The van der Waals surface area contributed by atoms with Crippen LogP contribution in [0.4, 0.5) is 4.79 Å². The van der Waals surface area contributed by atoms with Gasteiger partial charge >= 0.3 is 12.1 Å². The molecule has 0 radical (unpaired) electrons. The van der Waals surface area contributed by atoms with E-state index in [1.807, 2.05) is 30.3 Å². The monoisotopic (exact) mass is 292 g/mol. The third kappa shape index (κ3) is 3.52. The minimum atomic E-state index is -1.25. The van der Waals surface area contributed by atoms with E-state index in [9.17, 15) is 9.59 Å². The Bertz CT molecular complexity index is 520. The quantitative estimate of drug-likeness (QED) is 0.882. The number of ether oxygens (including phenoxy) is 1. The molecule has 1 aliphatic rings. The Hall–Kier alpha value is -2.08. The first-order valence-electron chi connectivity index (χ1n) is 6.92. The molecule has 1 aromatic rings. The molecule has 21 heavy (non-hydrogen) atoms. The Morgan fingerprint density at radius 1 is 1.43 bits per heavy atom. The molecule has 1 heterocycles. The van der Waals surface area contributed by atoms with E-state index >= 15 is 0 Å². The van der Waals surface area contributed by atoms with Crippen molar-refractivity contribution in [1.29, 1.82) is 0 Å². The second-order valence-corrected chi connectivity index (χ2v) is 5.50. The van der Waals surface area contributed by atoms with Gasteiger partial charge in [0.15, 0.2) is 0 Å². The van der Waals surface area contributed by atoms with Crippen molar-refractivity contribution in [2.24, 2.45) is 5.73 Å². The number of rotatable bonds is 3. The molecular formula is C15H20N2O4. The minimum Gasteiger partial charge on any atom is -0.480 e. The van der Waals surface area contributed by atoms with Crippen LogP contribution >= 0.6 is 0 Å². The van der Waals surface area contributed by atoms with E-state index in [1.54, 1.807) is 6.92 Å². The Kier molecular flexibility index (Phi) is 4.47. The third-order valence-corrected chi connectivity index (χ3v) is 3.86. The topological polar surface area (TPSA) is 92.9 Å². The number of carboxylic acids is 1. The van der Waals surface area contributed by atoms with Crippen molar-refractivity contribution in [1.82, 2.24) is 4.90 Å². The van der Waals surface area contributed by atoms with Crippen LogP contribution in [0.3, 0.4) is 0 Å². The van der Waals surface area contributed by atoms with Crippen molar-refractivity contribution in [3.8, 4) is 0 Å². The second-order valence-electron chi connectivity index (χ2n) is 5.50. The number of carbonyl (C=O) groups excluding carboxylic acids is 1. The van der Waals surface area contributed by atoms with Gasteiger partial charge in [0.05, 0.1) is 0 Å². The molecule has 6 heteroatoms. The molecule has 6 nitrogen and oxygen atoms in total. The standard InChI is InChI=1S/C15H20N2O4/c1-11-9-15(16,13(18)19)7-8-17(11)14(20)21-10-12-5-3-2-4-6-12/h2-6,11H,7-10,16H2,1H3,(H,18,19)/t11?,15-/m1/s1. The number of piperidine rings is 1. The van der Waals surface area contributed by atoms with Gasteiger partial charge in [-0.25, -0.2) is 4.79 Å². The number of carboxylic acid groups (broad SMARTS) is 1. The fourth-order valence-corrected chi connectivity index (χ4v) is 2.55. The van der Waals surface area contributed by atoms with Crippen LogP contribution in [0.5, 0.6) is 0 Å². The van der Waals surface area contributed by atoms with Crippen LogP contribution in [0.1, 0.15) is 25.3 Å². The van der Waals surface area contributed by atoms with E-state index < -0.39 is 17.6 Å². The number of aliphatic carboxylic acids is 1. The first-order valence-corrected chi connectivity index (χ1v) is 6.92. The van der Waals surface area contributed by atoms with Crippen LogP contribution in [0.25, 0.3) is 0 Å². The summed E-state index contributed by atoms with van der Waals surface area (Å²) in [6.07, 6.45) is 0.0226. The molecule has 0 spiro atoms. The highest BCUT2D eigenvalue weighted by atomic mass is 16.6. The number of benzene rings is 1. The summed E-state index contributed by atoms with van der Waals surface area (Å²) in [4.78, 5) is 24.8. The summed E-state index contributed by atoms with van der Waals surface area (Å²) in [5.74, 6) is -1.02. The van der Waals surface area contributed by atoms with Crippen LogP contribution < -0.4 is 5.73 Å². The largest absolute Gasteiger partial charge is 0.480 e. The number of nitrogens with two attached hydrogens (primary N) is 1. The van der Waals surface area contributed by atoms with Crippen molar-refractivity contribution in [2.45, 2.75) is 38.0 Å². The van der Waals surface area contributed by atoms with E-state index in [2.05, 4.69) is 0 Å². The number of hydrogen-bond acceptors (Lipinski definition) is 4. The van der Waals surface area contributed by atoms with Gasteiger partial charge in [0.25, 0.3) is 0 Å². The van der Waals surface area contributed by atoms with Crippen molar-refractivity contribution < 1.29 is 19.4 Å². The normalized spacial score (nSPS) is 25.4. The van der Waals surface area contributed by atoms with Gasteiger partial charge in [-0.15, -0.1) is 0 Å². The third-order valence-electron chi connectivity index (χ3n) is 3.86. The predicted molar refractivity (Wildman–Crippen MR) is 76.6 cm³/mol. The SMILES string of the molecule is CC1C[C@@](N)(C(=O)O)CCN1C(=O)OCc1ccccc1. The molecule has 0 aliphatic carbocycles. The maximum absolute atomic E-state index is 12.1. The number of hydrogen-bond donors (Lipinski definition) is 2. The summed E-state index contributed by atoms with van der Waals surface area (Å²) >= 11 is 0. The molecule has 1 fully saturated rings. The highest BCUT2D eigenvalue weighted by Crippen LogP contribution is 2.25. The van der Waals surface area contributed by atoms with Crippen LogP contribution in [0, 0.1) is 0 Å². The first kappa shape index (κ1) is 15.3. The molecular weight excluding hydrogens is 272 g/mol. The Morgan fingerprint density at radius 2 is 2.10 bits per heavy atom. The van der Waals surface area contributed by atoms with Crippen molar-refractivity contribution >= 4 is 12.1 Å². The number of amides is 1. The summed E-state index contributed by atoms with van der Waals surface area (Å²) in [6, 6.07) is 9.14. The molecule has 0 aromatic heterocycles. The zero-order valence-corrected chi connectivity index (χ0v) is 12.0. The lowest BCUT2D eigenvalue weighted by molar-refractivity contribution is -0.145. The average Bonchev–Trinajstić information content (AvgIpc) is 2.46. The van der Waals surface area contributed by atoms with Gasteiger partial charge in [0.2, 0.25) is 0 Å². The fraction of sp³-hybridized carbons (Fsp3) is 0.467. The molecule has 2 atom stereocenters. The lowest BCUT2D eigenvalue weighted by Gasteiger charge is -2.40. The Labute approximate surface area is 123 Å². The summed E-state index contributed by atoms with van der Waals surface area (Å²) in [6.45, 7) is 2.28. The zero-order valence-electron chi connectivity index (χ0n) is 12.0. The summed E-state index contributed by atoms with van der Waals surface area (Å²) < 4.78 is 5.27. The molecule has 114 valence electrons. The van der Waals surface area contributed by atoms with Crippen LogP contribution in [-0.2, 0) is 16.1 Å². The van der Waals surface area contributed by atoms with Gasteiger partial charge in [-0.3, -0.25) is 4.79 Å². The average molecular weight is 292 g/mol. The van der Waals surface area contributed by atoms with E-state index in [-0.39, 0.29) is 32.0 Å². The summed E-state index contributed by atoms with van der Waals surface area (Å²) in [5.41, 5.74) is 5.50. The lowest BCUT2D eigenvalue weighted by atomic mass is 9.85. The van der Waals surface area contributed by atoms with Crippen LogP contribution in [0.2, 0.25) is 0 Å². The zero-order chi connectivity index (χ0) is 15.5. The molecule has 0 bridgehead atoms. The van der Waals surface area contributed by atoms with Gasteiger partial charge in [-0.05, 0) is 25.3 Å². The molecule has 1 aliphatic heterocycles. The maximum atomic E-state index is 12.1. The van der Waals surface area contributed by atoms with Gasteiger partial charge in [0.1, 0.15) is 12.1 Å². The van der Waals surface area contributed by atoms with Gasteiger partial charge in [-0.2, -0.15) is 0 Å². The van der Waals surface area contributed by atoms with Crippen LogP contribution in [-0.4, -0.2) is 40.2 Å². The number of carbonyl (C=O) groups is 2. The summed E-state index contributed by atoms with van der Waals surface area (Å²) in [5, 5.41) is 9.13. The molecule has 1 unspecified atom stereocenters. The van der Waals surface area contributed by atoms with Gasteiger partial charge in [0, 0.05) is 12.6 Å². The predicted octanol–water partition coefficient (Wildman–Crippen LogP) is 1.59. The highest BCUT2D eigenvalue weighted by Gasteiger charge is 2.42. The molecule has 3 N–H and O–H groups in total. The van der Waals surface area contributed by atoms with Crippen molar-refractivity contribution in [3.05, 3.63) is 35.9 Å². The van der Waals surface area contributed by atoms with Crippen LogP contribution in [0.15, 0.2) is 30.3 Å². The minimum absolute atomic E-state index is 0.204. The van der Waals surface area contributed by atoms with E-state index in [0.717, 1.165) is 5.56 Å². The Morgan fingerprint density at radius 3 is 2.67 bits per heavy atom. The summed E-state index contributed by atoms with van der Waals surface area (Å²) in [7, 11) is 0. The van der Waals surface area contributed by atoms with Crippen molar-refractivity contribution in [3.63, 3.8) is 0 Å². The molecule has 1 aromatic carbocycles. The van der Waals surface area contributed by atoms with Gasteiger partial charge in [-0.1, -0.05) is 30.3 Å². The molecule has 0 saturated carbocycles. The maximum Gasteiger partial charge on any atom is 0.410 e. The number of likely N-dealkylation sites (tertiary alicyclic amines) is 1. The highest BCUT2D eigenvalue weighted by molar-refractivity contribution is 5.79. The van der Waals surface area contributed by atoms with E-state index in [0.29, 0.717) is 0 Å². The van der Waals surface area contributed by atoms with Crippen molar-refractivity contribution in [2.75, 3.05) is 6.54 Å². The van der Waals surface area contributed by atoms with E-state index in [1.165, 1.54) is 4.90 Å². The lowest BCUT2D eigenvalue weighted by Crippen LogP contribution is -2.59. The first-order chi connectivity index (χ1) is 9.92. The molecule has 1 amide bonds. The Balaban J connectivity index is 1.91. The number of nitrogens with zero attached hydrogens (tertiary/aromatic N) is 1. The molecule has 1 saturated heterocycles. The fourth-order valence-electron chi connectivity index (χ4n) is 2.55. The second kappa shape index (κ2) is 6.13. The smallest absolute Gasteiger partial charge is 0.410 e. The van der Waals surface area contributed by atoms with Gasteiger partial charge < -0.3 is 20.5 Å². The van der Waals surface area contributed by atoms with E-state index in [4.69, 9.17) is 15.6 Å². The molecule has 2 rings (SSSR count).